The molecule has 0 aromatic heterocycles. The fourth-order valence-corrected chi connectivity index (χ4v) is 5.64. The number of para-hydroxylation sites is 1. The number of hydrogen-bond acceptors (Lipinski definition) is 5. The van der Waals surface area contributed by atoms with Crippen LogP contribution in [0.2, 0.25) is 0 Å². The summed E-state index contributed by atoms with van der Waals surface area (Å²) in [6, 6.07) is 14.8. The Morgan fingerprint density at radius 3 is 1.94 bits per heavy atom. The standard InChI is InChI=1S/C27H37N3O4S/c1-34-25-18-20-26(21-19-25)35(32,33)30(24-16-12-9-13-17-24)22-27(31)29-28-23-14-10-7-5-3-2-4-6-8-11-15-23/h9,12-13,16-21H,2-8,10-11,14-15,22H2,1H3,(H,29,31). The molecule has 7 nitrogen and oxygen atoms in total. The Labute approximate surface area is 209 Å². The Kier molecular flexibility index (Phi) is 10.6. The lowest BCUT2D eigenvalue weighted by atomic mass is 10.00. The molecule has 190 valence electrons. The summed E-state index contributed by atoms with van der Waals surface area (Å²) in [6.07, 6.45) is 12.6. The first-order valence-electron chi connectivity index (χ1n) is 12.6. The zero-order valence-corrected chi connectivity index (χ0v) is 21.4. The summed E-state index contributed by atoms with van der Waals surface area (Å²) in [7, 11) is -2.45. The number of nitrogens with one attached hydrogen (secondary N) is 1. The van der Waals surface area contributed by atoms with Gasteiger partial charge in [-0.1, -0.05) is 63.1 Å². The normalized spacial score (nSPS) is 15.9. The van der Waals surface area contributed by atoms with Gasteiger partial charge in [-0.25, -0.2) is 13.8 Å². The van der Waals surface area contributed by atoms with Crippen LogP contribution in [-0.4, -0.2) is 33.7 Å². The number of ether oxygens (including phenoxy) is 1. The number of hydrazone groups is 1. The molecule has 0 saturated heterocycles. The van der Waals surface area contributed by atoms with Crippen molar-refractivity contribution in [3.8, 4) is 5.75 Å². The van der Waals surface area contributed by atoms with Gasteiger partial charge in [0.25, 0.3) is 15.9 Å². The van der Waals surface area contributed by atoms with E-state index in [0.717, 1.165) is 35.7 Å². The molecule has 1 fully saturated rings. The monoisotopic (exact) mass is 499 g/mol. The number of anilines is 1. The summed E-state index contributed by atoms with van der Waals surface area (Å²) in [6.45, 7) is -0.366. The Morgan fingerprint density at radius 2 is 1.40 bits per heavy atom. The molecule has 1 aliphatic carbocycles. The van der Waals surface area contributed by atoms with Gasteiger partial charge in [-0.05, 0) is 62.1 Å². The van der Waals surface area contributed by atoms with Gasteiger partial charge in [-0.3, -0.25) is 9.10 Å². The largest absolute Gasteiger partial charge is 0.497 e. The van der Waals surface area contributed by atoms with Crippen molar-refractivity contribution in [2.75, 3.05) is 18.0 Å². The third-order valence-electron chi connectivity index (χ3n) is 6.25. The van der Waals surface area contributed by atoms with Gasteiger partial charge in [0.15, 0.2) is 0 Å². The van der Waals surface area contributed by atoms with E-state index in [9.17, 15) is 13.2 Å². The number of nitrogens with zero attached hydrogens (tertiary/aromatic N) is 2. The highest BCUT2D eigenvalue weighted by molar-refractivity contribution is 7.92. The highest BCUT2D eigenvalue weighted by Gasteiger charge is 2.27. The molecule has 8 heteroatoms. The number of methoxy groups -OCH3 is 1. The number of rotatable bonds is 7. The van der Waals surface area contributed by atoms with Gasteiger partial charge < -0.3 is 4.74 Å². The fourth-order valence-electron chi connectivity index (χ4n) is 4.22. The Hall–Kier alpha value is -2.87. The highest BCUT2D eigenvalue weighted by Crippen LogP contribution is 2.25. The van der Waals surface area contributed by atoms with Crippen molar-refractivity contribution in [2.45, 2.75) is 75.5 Å². The second kappa shape index (κ2) is 13.9. The minimum Gasteiger partial charge on any atom is -0.497 e. The van der Waals surface area contributed by atoms with Gasteiger partial charge in [0.05, 0.1) is 17.7 Å². The van der Waals surface area contributed by atoms with E-state index >= 15 is 0 Å². The predicted octanol–water partition coefficient (Wildman–Crippen LogP) is 5.67. The first-order chi connectivity index (χ1) is 17.0. The molecule has 0 spiro atoms. The summed E-state index contributed by atoms with van der Waals surface area (Å²) < 4.78 is 33.2. The zero-order valence-electron chi connectivity index (χ0n) is 20.6. The van der Waals surface area contributed by atoms with Crippen LogP contribution in [0.5, 0.6) is 5.75 Å². The maximum atomic E-state index is 13.5. The third kappa shape index (κ3) is 8.38. The van der Waals surface area contributed by atoms with Gasteiger partial charge in [0, 0.05) is 5.71 Å². The van der Waals surface area contributed by atoms with Crippen molar-refractivity contribution >= 4 is 27.3 Å². The predicted molar refractivity (Wildman–Crippen MR) is 140 cm³/mol. The van der Waals surface area contributed by atoms with Gasteiger partial charge in [0.2, 0.25) is 0 Å². The SMILES string of the molecule is COc1ccc(S(=O)(=O)N(CC(=O)NN=C2CCCCCCCCCCC2)c2ccccc2)cc1. The molecule has 3 rings (SSSR count). The quantitative estimate of drug-likeness (QED) is 0.497. The summed E-state index contributed by atoms with van der Waals surface area (Å²) >= 11 is 0. The Morgan fingerprint density at radius 1 is 0.857 bits per heavy atom. The minimum absolute atomic E-state index is 0.0839. The molecule has 2 aromatic carbocycles. The third-order valence-corrected chi connectivity index (χ3v) is 8.04. The van der Waals surface area contributed by atoms with E-state index in [4.69, 9.17) is 4.74 Å². The van der Waals surface area contributed by atoms with E-state index in [-0.39, 0.29) is 11.4 Å². The van der Waals surface area contributed by atoms with Crippen molar-refractivity contribution in [1.82, 2.24) is 5.43 Å². The van der Waals surface area contributed by atoms with Crippen molar-refractivity contribution < 1.29 is 17.9 Å². The number of amides is 1. The van der Waals surface area contributed by atoms with Crippen LogP contribution >= 0.6 is 0 Å². The van der Waals surface area contributed by atoms with E-state index in [2.05, 4.69) is 10.5 Å². The maximum absolute atomic E-state index is 13.5. The van der Waals surface area contributed by atoms with Gasteiger partial charge in [-0.15, -0.1) is 0 Å². The zero-order chi connectivity index (χ0) is 24.9. The average Bonchev–Trinajstić information content (AvgIpc) is 2.87. The summed E-state index contributed by atoms with van der Waals surface area (Å²) in [5, 5.41) is 4.41. The van der Waals surface area contributed by atoms with Crippen LogP contribution in [0.4, 0.5) is 5.69 Å². The van der Waals surface area contributed by atoms with Crippen molar-refractivity contribution in [2.24, 2.45) is 5.10 Å². The van der Waals surface area contributed by atoms with Crippen LogP contribution in [0, 0.1) is 0 Å². The summed E-state index contributed by atoms with van der Waals surface area (Å²) in [4.78, 5) is 13.0. The van der Waals surface area contributed by atoms with E-state index in [1.54, 1.807) is 42.5 Å². The maximum Gasteiger partial charge on any atom is 0.264 e. The summed E-state index contributed by atoms with van der Waals surface area (Å²) in [5.74, 6) is 0.0883. The molecular formula is C27H37N3O4S. The van der Waals surface area contributed by atoms with Crippen LogP contribution in [0.3, 0.4) is 0 Å². The lowest BCUT2D eigenvalue weighted by Crippen LogP contribution is -2.39. The molecule has 0 radical (unpaired) electrons. The molecule has 1 aliphatic rings. The van der Waals surface area contributed by atoms with Gasteiger partial charge in [-0.2, -0.15) is 5.10 Å². The number of carbonyl (C=O) groups excluding carboxylic acids is 1. The van der Waals surface area contributed by atoms with Crippen molar-refractivity contribution in [1.29, 1.82) is 0 Å². The van der Waals surface area contributed by atoms with Crippen molar-refractivity contribution in [3.05, 3.63) is 54.6 Å². The number of sulfonamides is 1. The molecule has 1 N–H and O–H groups in total. The molecule has 1 amide bonds. The summed E-state index contributed by atoms with van der Waals surface area (Å²) in [5.41, 5.74) is 4.03. The molecular weight excluding hydrogens is 462 g/mol. The number of hydrogen-bond donors (Lipinski definition) is 1. The first-order valence-corrected chi connectivity index (χ1v) is 14.0. The Bertz CT molecular complexity index is 1040. The van der Waals surface area contributed by atoms with E-state index in [1.165, 1.54) is 64.2 Å². The number of benzene rings is 2. The number of carbonyl (C=O) groups is 1. The molecule has 2 aromatic rings. The molecule has 1 saturated carbocycles. The molecule has 0 bridgehead atoms. The van der Waals surface area contributed by atoms with Gasteiger partial charge in [0.1, 0.15) is 12.3 Å². The smallest absolute Gasteiger partial charge is 0.264 e. The lowest BCUT2D eigenvalue weighted by molar-refractivity contribution is -0.119. The topological polar surface area (TPSA) is 88.1 Å². The van der Waals surface area contributed by atoms with Crippen LogP contribution < -0.4 is 14.5 Å². The fraction of sp³-hybridized carbons (Fsp3) is 0.481. The van der Waals surface area contributed by atoms with Crippen molar-refractivity contribution in [3.63, 3.8) is 0 Å². The van der Waals surface area contributed by atoms with Crippen LogP contribution in [0.25, 0.3) is 0 Å². The van der Waals surface area contributed by atoms with Crippen LogP contribution in [-0.2, 0) is 14.8 Å². The van der Waals surface area contributed by atoms with Crippen LogP contribution in [0.1, 0.15) is 70.6 Å². The second-order valence-corrected chi connectivity index (χ2v) is 10.8. The molecule has 0 aliphatic heterocycles. The highest BCUT2D eigenvalue weighted by atomic mass is 32.2. The molecule has 0 unspecified atom stereocenters. The van der Waals surface area contributed by atoms with Gasteiger partial charge >= 0.3 is 0 Å². The van der Waals surface area contributed by atoms with E-state index < -0.39 is 15.9 Å². The average molecular weight is 500 g/mol. The van der Waals surface area contributed by atoms with Crippen LogP contribution in [0.15, 0.2) is 64.6 Å². The first kappa shape index (κ1) is 26.7. The second-order valence-electron chi connectivity index (χ2n) is 8.92. The van der Waals surface area contributed by atoms with E-state index in [0.29, 0.717) is 11.4 Å². The molecule has 0 heterocycles. The minimum atomic E-state index is -3.98. The molecule has 0 atom stereocenters. The lowest BCUT2D eigenvalue weighted by Gasteiger charge is -2.23. The van der Waals surface area contributed by atoms with E-state index in [1.807, 2.05) is 0 Å². The Balaban J connectivity index is 1.73. The molecule has 35 heavy (non-hydrogen) atoms.